The van der Waals surface area contributed by atoms with Gasteiger partial charge < -0.3 is 19.8 Å². The van der Waals surface area contributed by atoms with E-state index in [4.69, 9.17) is 4.42 Å². The van der Waals surface area contributed by atoms with Crippen molar-refractivity contribution in [1.29, 1.82) is 0 Å². The number of fused-ring (bicyclic) bond motifs is 2. The van der Waals surface area contributed by atoms with Gasteiger partial charge in [0.15, 0.2) is 5.43 Å². The zero-order chi connectivity index (χ0) is 24.0. The molecule has 1 atom stereocenters. The smallest absolute Gasteiger partial charge is 0.337 e. The van der Waals surface area contributed by atoms with Crippen LogP contribution in [0.2, 0.25) is 0 Å². The molecule has 2 aromatic heterocycles. The van der Waals surface area contributed by atoms with E-state index in [9.17, 15) is 14.7 Å². The Morgan fingerprint density at radius 2 is 1.88 bits per heavy atom. The molecule has 3 aromatic carbocycles. The Morgan fingerprint density at radius 3 is 2.68 bits per heavy atom. The lowest BCUT2D eigenvalue weighted by Crippen LogP contribution is -2.12. The minimum atomic E-state index is -1.01. The number of aromatic amines is 1. The summed E-state index contributed by atoms with van der Waals surface area (Å²) < 4.78 is 6.31. The second-order valence-electron chi connectivity index (χ2n) is 8.48. The SMILES string of the molecule is Cc1cc(C(C)Nc2ccccc2C(=O)O)c2oc(-c3ccc4[nH]c(C)nc4c3)cc(=O)c2c1. The van der Waals surface area contributed by atoms with Gasteiger partial charge in [-0.1, -0.05) is 18.2 Å². The number of benzene rings is 3. The van der Waals surface area contributed by atoms with Gasteiger partial charge in [-0.25, -0.2) is 9.78 Å². The van der Waals surface area contributed by atoms with Gasteiger partial charge >= 0.3 is 5.97 Å². The summed E-state index contributed by atoms with van der Waals surface area (Å²) in [5.74, 6) is 0.247. The fourth-order valence-corrected chi connectivity index (χ4v) is 4.29. The van der Waals surface area contributed by atoms with E-state index in [-0.39, 0.29) is 17.0 Å². The van der Waals surface area contributed by atoms with Crippen molar-refractivity contribution in [2.24, 2.45) is 0 Å². The summed E-state index contributed by atoms with van der Waals surface area (Å²) in [5.41, 5.74) is 5.14. The minimum absolute atomic E-state index is 0.141. The largest absolute Gasteiger partial charge is 0.478 e. The predicted octanol–water partition coefficient (Wildman–Crippen LogP) is 5.82. The maximum Gasteiger partial charge on any atom is 0.337 e. The van der Waals surface area contributed by atoms with Crippen molar-refractivity contribution in [3.8, 4) is 11.3 Å². The summed E-state index contributed by atoms with van der Waals surface area (Å²) in [6.45, 7) is 5.72. The minimum Gasteiger partial charge on any atom is -0.478 e. The molecule has 2 heterocycles. The van der Waals surface area contributed by atoms with Crippen molar-refractivity contribution >= 4 is 33.7 Å². The monoisotopic (exact) mass is 453 g/mol. The summed E-state index contributed by atoms with van der Waals surface area (Å²) >= 11 is 0. The molecular formula is C27H23N3O4. The number of anilines is 1. The molecule has 0 bridgehead atoms. The Balaban J connectivity index is 1.64. The third-order valence-corrected chi connectivity index (χ3v) is 5.88. The van der Waals surface area contributed by atoms with Crippen LogP contribution in [0.15, 0.2) is 69.9 Å². The van der Waals surface area contributed by atoms with E-state index in [0.717, 1.165) is 33.5 Å². The molecule has 0 aliphatic rings. The van der Waals surface area contributed by atoms with Crippen LogP contribution in [-0.2, 0) is 0 Å². The first-order chi connectivity index (χ1) is 16.3. The van der Waals surface area contributed by atoms with Gasteiger partial charge in [0.1, 0.15) is 17.2 Å². The van der Waals surface area contributed by atoms with Gasteiger partial charge in [-0.2, -0.15) is 0 Å². The van der Waals surface area contributed by atoms with Crippen LogP contribution < -0.4 is 10.7 Å². The molecule has 5 aromatic rings. The third-order valence-electron chi connectivity index (χ3n) is 5.88. The highest BCUT2D eigenvalue weighted by Gasteiger charge is 2.18. The topological polar surface area (TPSA) is 108 Å². The molecule has 0 saturated heterocycles. The van der Waals surface area contributed by atoms with Crippen molar-refractivity contribution in [3.05, 3.63) is 93.4 Å². The standard InChI is InChI=1S/C27H23N3O4/c1-14-10-19(15(2)28-21-7-5-4-6-18(21)27(32)33)26-20(11-14)24(31)13-25(34-26)17-8-9-22-23(12-17)30-16(3)29-22/h4-13,15,28H,1-3H3,(H,29,30)(H,32,33). The zero-order valence-corrected chi connectivity index (χ0v) is 19.0. The number of aromatic nitrogens is 2. The number of aryl methyl sites for hydroxylation is 2. The maximum absolute atomic E-state index is 13.1. The van der Waals surface area contributed by atoms with Crippen molar-refractivity contribution in [1.82, 2.24) is 9.97 Å². The Labute approximate surface area is 195 Å². The molecule has 0 spiro atoms. The Bertz CT molecular complexity index is 1630. The molecule has 0 amide bonds. The Morgan fingerprint density at radius 1 is 1.09 bits per heavy atom. The molecule has 0 saturated carbocycles. The molecule has 7 nitrogen and oxygen atoms in total. The number of aromatic carboxylic acids is 1. The van der Waals surface area contributed by atoms with Gasteiger partial charge in [-0.3, -0.25) is 4.79 Å². The van der Waals surface area contributed by atoms with Crippen molar-refractivity contribution in [2.45, 2.75) is 26.8 Å². The number of nitrogens with one attached hydrogen (secondary N) is 2. The van der Waals surface area contributed by atoms with E-state index in [1.165, 1.54) is 6.07 Å². The summed E-state index contributed by atoms with van der Waals surface area (Å²) in [6.07, 6.45) is 0. The molecule has 0 aliphatic heterocycles. The molecule has 1 unspecified atom stereocenters. The zero-order valence-electron chi connectivity index (χ0n) is 19.0. The van der Waals surface area contributed by atoms with Crippen molar-refractivity contribution < 1.29 is 14.3 Å². The number of para-hydroxylation sites is 1. The average Bonchev–Trinajstić information content (AvgIpc) is 3.18. The van der Waals surface area contributed by atoms with E-state index in [1.807, 2.05) is 51.1 Å². The van der Waals surface area contributed by atoms with Gasteiger partial charge in [0.25, 0.3) is 0 Å². The Kier molecular flexibility index (Phi) is 5.17. The molecule has 170 valence electrons. The highest BCUT2D eigenvalue weighted by Crippen LogP contribution is 2.32. The predicted molar refractivity (Wildman–Crippen MR) is 132 cm³/mol. The molecule has 5 rings (SSSR count). The second kappa shape index (κ2) is 8.19. The van der Waals surface area contributed by atoms with Crippen LogP contribution in [0.25, 0.3) is 33.3 Å². The number of hydrogen-bond acceptors (Lipinski definition) is 5. The molecule has 0 aliphatic carbocycles. The lowest BCUT2D eigenvalue weighted by Gasteiger charge is -2.19. The van der Waals surface area contributed by atoms with E-state index in [1.54, 1.807) is 24.3 Å². The Hall–Kier alpha value is -4.39. The van der Waals surface area contributed by atoms with E-state index < -0.39 is 5.97 Å². The van der Waals surface area contributed by atoms with Crippen molar-refractivity contribution in [3.63, 3.8) is 0 Å². The number of carbonyl (C=O) groups is 1. The maximum atomic E-state index is 13.1. The van der Waals surface area contributed by atoms with E-state index in [0.29, 0.717) is 22.4 Å². The lowest BCUT2D eigenvalue weighted by atomic mass is 10.00. The van der Waals surface area contributed by atoms with Crippen LogP contribution in [0.1, 0.15) is 40.3 Å². The molecule has 0 fully saturated rings. The third kappa shape index (κ3) is 3.81. The molecule has 0 radical (unpaired) electrons. The number of rotatable bonds is 5. The van der Waals surface area contributed by atoms with Gasteiger partial charge in [0.05, 0.1) is 28.0 Å². The fraction of sp³-hybridized carbons (Fsp3) is 0.148. The number of nitrogens with zero attached hydrogens (tertiary/aromatic N) is 1. The van der Waals surface area contributed by atoms with Crippen LogP contribution in [0, 0.1) is 13.8 Å². The van der Waals surface area contributed by atoms with Crippen LogP contribution in [0.3, 0.4) is 0 Å². The van der Waals surface area contributed by atoms with E-state index in [2.05, 4.69) is 15.3 Å². The van der Waals surface area contributed by atoms with E-state index >= 15 is 0 Å². The van der Waals surface area contributed by atoms with Gasteiger partial charge in [0, 0.05) is 22.9 Å². The summed E-state index contributed by atoms with van der Waals surface area (Å²) in [6, 6.07) is 17.4. The summed E-state index contributed by atoms with van der Waals surface area (Å²) in [4.78, 5) is 32.4. The van der Waals surface area contributed by atoms with Crippen LogP contribution in [-0.4, -0.2) is 21.0 Å². The highest BCUT2D eigenvalue weighted by atomic mass is 16.4. The van der Waals surface area contributed by atoms with Gasteiger partial charge in [0.2, 0.25) is 0 Å². The summed E-state index contributed by atoms with van der Waals surface area (Å²) in [7, 11) is 0. The normalized spacial score (nSPS) is 12.2. The van der Waals surface area contributed by atoms with Crippen LogP contribution in [0.4, 0.5) is 5.69 Å². The summed E-state index contributed by atoms with van der Waals surface area (Å²) in [5, 5.41) is 13.3. The first-order valence-electron chi connectivity index (χ1n) is 10.9. The fourth-order valence-electron chi connectivity index (χ4n) is 4.29. The number of carboxylic acids is 1. The van der Waals surface area contributed by atoms with Gasteiger partial charge in [-0.05, 0) is 62.7 Å². The van der Waals surface area contributed by atoms with Crippen molar-refractivity contribution in [2.75, 3.05) is 5.32 Å². The first kappa shape index (κ1) is 21.5. The average molecular weight is 453 g/mol. The first-order valence-corrected chi connectivity index (χ1v) is 10.9. The molecule has 34 heavy (non-hydrogen) atoms. The number of carboxylic acid groups (broad SMARTS) is 1. The van der Waals surface area contributed by atoms with Crippen LogP contribution >= 0.6 is 0 Å². The quantitative estimate of drug-likeness (QED) is 0.309. The molecule has 7 heteroatoms. The molecular weight excluding hydrogens is 430 g/mol. The van der Waals surface area contributed by atoms with Gasteiger partial charge in [-0.15, -0.1) is 0 Å². The second-order valence-corrected chi connectivity index (χ2v) is 8.48. The number of imidazole rings is 1. The lowest BCUT2D eigenvalue weighted by molar-refractivity contribution is 0.0698. The van der Waals surface area contributed by atoms with Crippen LogP contribution in [0.5, 0.6) is 0 Å². The number of H-pyrrole nitrogens is 1. The number of hydrogen-bond donors (Lipinski definition) is 3. The molecule has 3 N–H and O–H groups in total. The highest BCUT2D eigenvalue weighted by molar-refractivity contribution is 5.94.